The van der Waals surface area contributed by atoms with Crippen molar-refractivity contribution in [2.45, 2.75) is 33.3 Å². The Kier molecular flexibility index (Phi) is 5.43. The summed E-state index contributed by atoms with van der Waals surface area (Å²) >= 11 is 0. The average Bonchev–Trinajstić information content (AvgIpc) is 2.40. The van der Waals surface area contributed by atoms with Crippen molar-refractivity contribution >= 4 is 17.5 Å². The maximum absolute atomic E-state index is 13.1. The minimum atomic E-state index is -1.09. The van der Waals surface area contributed by atoms with Gasteiger partial charge in [0.1, 0.15) is 5.82 Å². The SMILES string of the molecule is Cc1cc(NC(=O)C(=O)NCC(C)(O)C(C)C)ccc1F. The normalized spacial score (nSPS) is 13.7. The summed E-state index contributed by atoms with van der Waals surface area (Å²) in [6.07, 6.45) is 0. The molecule has 0 fully saturated rings. The maximum Gasteiger partial charge on any atom is 0.313 e. The largest absolute Gasteiger partial charge is 0.388 e. The van der Waals surface area contributed by atoms with E-state index in [4.69, 9.17) is 0 Å². The molecule has 6 heteroatoms. The molecule has 0 aliphatic heterocycles. The summed E-state index contributed by atoms with van der Waals surface area (Å²) in [6, 6.07) is 4.02. The standard InChI is InChI=1S/C15H21FN2O3/c1-9(2)15(4,21)8-17-13(19)14(20)18-11-5-6-12(16)10(3)7-11/h5-7,9,21H,8H2,1-4H3,(H,17,19)(H,18,20). The van der Waals surface area contributed by atoms with Crippen LogP contribution in [0, 0.1) is 18.7 Å². The first-order valence-electron chi connectivity index (χ1n) is 6.71. The highest BCUT2D eigenvalue weighted by atomic mass is 19.1. The van der Waals surface area contributed by atoms with E-state index in [2.05, 4.69) is 10.6 Å². The minimum Gasteiger partial charge on any atom is -0.388 e. The molecule has 0 aliphatic rings. The van der Waals surface area contributed by atoms with Gasteiger partial charge in [-0.3, -0.25) is 9.59 Å². The summed E-state index contributed by atoms with van der Waals surface area (Å²) in [7, 11) is 0. The summed E-state index contributed by atoms with van der Waals surface area (Å²) in [5.74, 6) is -2.16. The number of anilines is 1. The lowest BCUT2D eigenvalue weighted by atomic mass is 9.92. The fourth-order valence-corrected chi connectivity index (χ4v) is 1.45. The third kappa shape index (κ3) is 4.82. The first kappa shape index (κ1) is 17.1. The van der Waals surface area contributed by atoms with Gasteiger partial charge >= 0.3 is 11.8 Å². The highest BCUT2D eigenvalue weighted by Crippen LogP contribution is 2.15. The number of nitrogens with one attached hydrogen (secondary N) is 2. The van der Waals surface area contributed by atoms with Crippen molar-refractivity contribution in [2.24, 2.45) is 5.92 Å². The molecule has 21 heavy (non-hydrogen) atoms. The van der Waals surface area contributed by atoms with Crippen LogP contribution < -0.4 is 10.6 Å². The third-order valence-corrected chi connectivity index (χ3v) is 3.47. The first-order chi connectivity index (χ1) is 9.63. The third-order valence-electron chi connectivity index (χ3n) is 3.47. The average molecular weight is 296 g/mol. The van der Waals surface area contributed by atoms with Gasteiger partial charge < -0.3 is 15.7 Å². The number of halogens is 1. The monoisotopic (exact) mass is 296 g/mol. The summed E-state index contributed by atoms with van der Waals surface area (Å²) in [4.78, 5) is 23.4. The summed E-state index contributed by atoms with van der Waals surface area (Å²) in [6.45, 7) is 6.74. The van der Waals surface area contributed by atoms with Crippen LogP contribution in [-0.2, 0) is 9.59 Å². The van der Waals surface area contributed by atoms with Crippen LogP contribution in [0.5, 0.6) is 0 Å². The molecular weight excluding hydrogens is 275 g/mol. The quantitative estimate of drug-likeness (QED) is 0.738. The topological polar surface area (TPSA) is 78.4 Å². The van der Waals surface area contributed by atoms with E-state index in [1.807, 2.05) is 13.8 Å². The number of rotatable bonds is 4. The van der Waals surface area contributed by atoms with Gasteiger partial charge in [0.25, 0.3) is 0 Å². The van der Waals surface area contributed by atoms with Crippen molar-refractivity contribution in [1.29, 1.82) is 0 Å². The molecular formula is C15H21FN2O3. The van der Waals surface area contributed by atoms with Gasteiger partial charge in [-0.05, 0) is 43.5 Å². The second-order valence-corrected chi connectivity index (χ2v) is 5.61. The Labute approximate surface area is 123 Å². The number of aliphatic hydroxyl groups is 1. The minimum absolute atomic E-state index is 0.0284. The Morgan fingerprint density at radius 1 is 1.33 bits per heavy atom. The van der Waals surface area contributed by atoms with E-state index < -0.39 is 17.4 Å². The molecule has 0 heterocycles. The molecule has 5 nitrogen and oxygen atoms in total. The molecule has 0 saturated carbocycles. The fraction of sp³-hybridized carbons (Fsp3) is 0.467. The maximum atomic E-state index is 13.1. The molecule has 1 rings (SSSR count). The van der Waals surface area contributed by atoms with Crippen molar-refractivity contribution in [3.05, 3.63) is 29.6 Å². The zero-order valence-electron chi connectivity index (χ0n) is 12.7. The van der Waals surface area contributed by atoms with Gasteiger partial charge in [-0.25, -0.2) is 4.39 Å². The number of carbonyl (C=O) groups excluding carboxylic acids is 2. The van der Waals surface area contributed by atoms with Crippen LogP contribution >= 0.6 is 0 Å². The van der Waals surface area contributed by atoms with Crippen LogP contribution in [0.1, 0.15) is 26.3 Å². The Morgan fingerprint density at radius 3 is 2.48 bits per heavy atom. The van der Waals surface area contributed by atoms with E-state index in [1.165, 1.54) is 18.2 Å². The molecule has 3 N–H and O–H groups in total. The Bertz CT molecular complexity index is 542. The van der Waals surface area contributed by atoms with Crippen molar-refractivity contribution in [3.63, 3.8) is 0 Å². The van der Waals surface area contributed by atoms with E-state index in [9.17, 15) is 19.1 Å². The van der Waals surface area contributed by atoms with Crippen molar-refractivity contribution in [1.82, 2.24) is 5.32 Å². The first-order valence-corrected chi connectivity index (χ1v) is 6.71. The van der Waals surface area contributed by atoms with E-state index in [0.29, 0.717) is 11.3 Å². The number of aryl methyl sites for hydroxylation is 1. The smallest absolute Gasteiger partial charge is 0.313 e. The van der Waals surface area contributed by atoms with E-state index in [1.54, 1.807) is 13.8 Å². The van der Waals surface area contributed by atoms with Crippen LogP contribution in [-0.4, -0.2) is 29.1 Å². The highest BCUT2D eigenvalue weighted by molar-refractivity contribution is 6.39. The molecule has 0 spiro atoms. The molecule has 0 aromatic heterocycles. The van der Waals surface area contributed by atoms with Crippen LogP contribution in [0.4, 0.5) is 10.1 Å². The second-order valence-electron chi connectivity index (χ2n) is 5.61. The summed E-state index contributed by atoms with van der Waals surface area (Å²) in [5, 5.41) is 14.7. The van der Waals surface area contributed by atoms with Crippen molar-refractivity contribution in [3.8, 4) is 0 Å². The van der Waals surface area contributed by atoms with Gasteiger partial charge in [0.15, 0.2) is 0 Å². The van der Waals surface area contributed by atoms with Gasteiger partial charge in [0.05, 0.1) is 5.60 Å². The Balaban J connectivity index is 2.59. The Morgan fingerprint density at radius 2 is 1.95 bits per heavy atom. The van der Waals surface area contributed by atoms with Gasteiger partial charge in [0, 0.05) is 12.2 Å². The van der Waals surface area contributed by atoms with Gasteiger partial charge in [-0.15, -0.1) is 0 Å². The van der Waals surface area contributed by atoms with Crippen LogP contribution in [0.25, 0.3) is 0 Å². The lowest BCUT2D eigenvalue weighted by Crippen LogP contribution is -2.47. The van der Waals surface area contributed by atoms with Crippen LogP contribution in [0.15, 0.2) is 18.2 Å². The highest BCUT2D eigenvalue weighted by Gasteiger charge is 2.26. The number of hydrogen-bond donors (Lipinski definition) is 3. The number of amides is 2. The molecule has 1 aromatic carbocycles. The van der Waals surface area contributed by atoms with Crippen LogP contribution in [0.2, 0.25) is 0 Å². The zero-order chi connectivity index (χ0) is 16.2. The molecule has 2 amide bonds. The molecule has 1 aromatic rings. The molecule has 0 aliphatic carbocycles. The van der Waals surface area contributed by atoms with Crippen molar-refractivity contribution < 1.29 is 19.1 Å². The molecule has 0 radical (unpaired) electrons. The van der Waals surface area contributed by atoms with E-state index in [-0.39, 0.29) is 18.3 Å². The second kappa shape index (κ2) is 6.67. The number of carbonyl (C=O) groups is 2. The lowest BCUT2D eigenvalue weighted by Gasteiger charge is -2.27. The zero-order valence-corrected chi connectivity index (χ0v) is 12.7. The molecule has 1 atom stereocenters. The predicted octanol–water partition coefficient (Wildman–Crippen LogP) is 1.60. The summed E-state index contributed by atoms with van der Waals surface area (Å²) < 4.78 is 13.1. The fourth-order valence-electron chi connectivity index (χ4n) is 1.45. The molecule has 0 bridgehead atoms. The van der Waals surface area contributed by atoms with Crippen LogP contribution in [0.3, 0.4) is 0 Å². The molecule has 0 saturated heterocycles. The van der Waals surface area contributed by atoms with Gasteiger partial charge in [0.2, 0.25) is 0 Å². The van der Waals surface area contributed by atoms with E-state index >= 15 is 0 Å². The van der Waals surface area contributed by atoms with Crippen molar-refractivity contribution in [2.75, 3.05) is 11.9 Å². The molecule has 1 unspecified atom stereocenters. The molecule has 116 valence electrons. The van der Waals surface area contributed by atoms with Gasteiger partial charge in [-0.1, -0.05) is 13.8 Å². The van der Waals surface area contributed by atoms with E-state index in [0.717, 1.165) is 0 Å². The summed E-state index contributed by atoms with van der Waals surface area (Å²) in [5.41, 5.74) is -0.386. The van der Waals surface area contributed by atoms with Gasteiger partial charge in [-0.2, -0.15) is 0 Å². The number of hydrogen-bond acceptors (Lipinski definition) is 3. The Hall–Kier alpha value is -1.95. The predicted molar refractivity (Wildman–Crippen MR) is 78.2 cm³/mol. The lowest BCUT2D eigenvalue weighted by molar-refractivity contribution is -0.137. The number of benzene rings is 1.